The minimum absolute atomic E-state index is 0.0388. The Morgan fingerprint density at radius 1 is 1.21 bits per heavy atom. The second kappa shape index (κ2) is 9.52. The molecule has 0 aliphatic carbocycles. The number of benzene rings is 2. The molecule has 0 saturated carbocycles. The third kappa shape index (κ3) is 5.13. The van der Waals surface area contributed by atoms with Gasteiger partial charge in [-0.25, -0.2) is 0 Å². The summed E-state index contributed by atoms with van der Waals surface area (Å²) < 4.78 is 11.4. The molecule has 0 aliphatic rings. The van der Waals surface area contributed by atoms with Gasteiger partial charge in [0, 0.05) is 29.2 Å². The Bertz CT molecular complexity index is 630. The van der Waals surface area contributed by atoms with Gasteiger partial charge in [-0.3, -0.25) is 0 Å². The van der Waals surface area contributed by atoms with Gasteiger partial charge in [-0.2, -0.15) is 0 Å². The van der Waals surface area contributed by atoms with Gasteiger partial charge < -0.3 is 19.9 Å². The van der Waals surface area contributed by atoms with Gasteiger partial charge in [0.25, 0.3) is 0 Å². The van der Waals surface area contributed by atoms with E-state index in [2.05, 4.69) is 5.32 Å². The van der Waals surface area contributed by atoms with Crippen molar-refractivity contribution in [3.63, 3.8) is 0 Å². The van der Waals surface area contributed by atoms with Gasteiger partial charge in [0.2, 0.25) is 0 Å². The first kappa shape index (κ1) is 18.6. The molecule has 24 heavy (non-hydrogen) atoms. The topological polar surface area (TPSA) is 50.7 Å². The predicted octanol–water partition coefficient (Wildman–Crippen LogP) is 3.79. The van der Waals surface area contributed by atoms with Crippen LogP contribution in [-0.2, 0) is 13.2 Å². The molecule has 4 nitrogen and oxygen atoms in total. The molecule has 2 N–H and O–H groups in total. The molecule has 2 aromatic carbocycles. The molecular formula is C19H24ClNO3. The Balaban J connectivity index is 2.19. The number of aliphatic hydroxyl groups excluding tert-OH is 1. The van der Waals surface area contributed by atoms with Crippen LogP contribution in [0.4, 0.5) is 0 Å². The van der Waals surface area contributed by atoms with Crippen molar-refractivity contribution in [1.82, 2.24) is 5.32 Å². The smallest absolute Gasteiger partial charge is 0.166 e. The highest BCUT2D eigenvalue weighted by atomic mass is 35.5. The second-order valence-corrected chi connectivity index (χ2v) is 5.98. The average molecular weight is 350 g/mol. The van der Waals surface area contributed by atoms with Gasteiger partial charge in [0.05, 0.1) is 13.7 Å². The lowest BCUT2D eigenvalue weighted by Gasteiger charge is -2.19. The summed E-state index contributed by atoms with van der Waals surface area (Å²) in [6.45, 7) is 3.11. The molecule has 0 unspecified atom stereocenters. The van der Waals surface area contributed by atoms with Gasteiger partial charge in [0.1, 0.15) is 6.61 Å². The Kier molecular flexibility index (Phi) is 7.37. The van der Waals surface area contributed by atoms with E-state index in [0.717, 1.165) is 17.5 Å². The standard InChI is InChI=1S/C19H24ClNO3/c1-3-17(12-22)21-11-15-9-16(20)10-18(23-2)19(15)24-13-14-7-5-4-6-8-14/h4-10,17,21-22H,3,11-13H2,1-2H3/t17-/m1/s1. The molecular weight excluding hydrogens is 326 g/mol. The number of hydrogen-bond acceptors (Lipinski definition) is 4. The fraction of sp³-hybridized carbons (Fsp3) is 0.368. The molecule has 2 aromatic rings. The van der Waals surface area contributed by atoms with Crippen LogP contribution in [0.15, 0.2) is 42.5 Å². The molecule has 5 heteroatoms. The Hall–Kier alpha value is -1.75. The lowest BCUT2D eigenvalue weighted by Crippen LogP contribution is -2.31. The van der Waals surface area contributed by atoms with Crippen LogP contribution in [0.1, 0.15) is 24.5 Å². The van der Waals surface area contributed by atoms with E-state index in [1.165, 1.54) is 0 Å². The van der Waals surface area contributed by atoms with Crippen molar-refractivity contribution in [1.29, 1.82) is 0 Å². The molecule has 0 heterocycles. The van der Waals surface area contributed by atoms with Crippen LogP contribution in [-0.4, -0.2) is 24.9 Å². The fourth-order valence-corrected chi connectivity index (χ4v) is 2.62. The average Bonchev–Trinajstić information content (AvgIpc) is 2.62. The zero-order valence-electron chi connectivity index (χ0n) is 14.1. The van der Waals surface area contributed by atoms with Crippen molar-refractivity contribution in [3.05, 3.63) is 58.6 Å². The molecule has 1 atom stereocenters. The van der Waals surface area contributed by atoms with E-state index in [1.807, 2.05) is 43.3 Å². The van der Waals surface area contributed by atoms with Gasteiger partial charge in [0.15, 0.2) is 11.5 Å². The second-order valence-electron chi connectivity index (χ2n) is 5.54. The quantitative estimate of drug-likeness (QED) is 0.723. The number of aliphatic hydroxyl groups is 1. The van der Waals surface area contributed by atoms with Gasteiger partial charge in [-0.05, 0) is 18.1 Å². The molecule has 2 rings (SSSR count). The van der Waals surface area contributed by atoms with Crippen LogP contribution in [0.25, 0.3) is 0 Å². The largest absolute Gasteiger partial charge is 0.493 e. The third-order valence-electron chi connectivity index (χ3n) is 3.84. The summed E-state index contributed by atoms with van der Waals surface area (Å²) in [5.74, 6) is 1.28. The zero-order chi connectivity index (χ0) is 17.4. The predicted molar refractivity (Wildman–Crippen MR) is 96.8 cm³/mol. The van der Waals surface area contributed by atoms with E-state index >= 15 is 0 Å². The van der Waals surface area contributed by atoms with E-state index in [1.54, 1.807) is 13.2 Å². The molecule has 0 aromatic heterocycles. The van der Waals surface area contributed by atoms with Crippen molar-refractivity contribution < 1.29 is 14.6 Å². The lowest BCUT2D eigenvalue weighted by molar-refractivity contribution is 0.236. The summed E-state index contributed by atoms with van der Waals surface area (Å²) in [6.07, 6.45) is 0.842. The number of nitrogens with one attached hydrogen (secondary N) is 1. The van der Waals surface area contributed by atoms with E-state index in [0.29, 0.717) is 29.7 Å². The summed E-state index contributed by atoms with van der Waals surface area (Å²) in [4.78, 5) is 0. The minimum Gasteiger partial charge on any atom is -0.493 e. The fourth-order valence-electron chi connectivity index (χ4n) is 2.39. The molecule has 0 saturated heterocycles. The molecule has 0 amide bonds. The van der Waals surface area contributed by atoms with Crippen molar-refractivity contribution in [2.24, 2.45) is 0 Å². The maximum atomic E-state index is 9.34. The van der Waals surface area contributed by atoms with Crippen LogP contribution >= 0.6 is 11.6 Å². The Labute approximate surface area is 148 Å². The zero-order valence-corrected chi connectivity index (χ0v) is 14.8. The molecule has 0 bridgehead atoms. The Morgan fingerprint density at radius 2 is 1.96 bits per heavy atom. The molecule has 0 radical (unpaired) electrons. The molecule has 0 spiro atoms. The maximum absolute atomic E-state index is 9.34. The summed E-state index contributed by atoms with van der Waals surface area (Å²) in [6, 6.07) is 13.6. The first-order chi connectivity index (χ1) is 11.7. The maximum Gasteiger partial charge on any atom is 0.166 e. The number of rotatable bonds is 9. The van der Waals surface area contributed by atoms with Crippen LogP contribution in [0, 0.1) is 0 Å². The molecule has 0 aliphatic heterocycles. The minimum atomic E-state index is 0.0388. The summed E-state index contributed by atoms with van der Waals surface area (Å²) >= 11 is 6.19. The summed E-state index contributed by atoms with van der Waals surface area (Å²) in [7, 11) is 1.60. The molecule has 0 fully saturated rings. The SMILES string of the molecule is CC[C@H](CO)NCc1cc(Cl)cc(OC)c1OCc1ccccc1. The molecule has 130 valence electrons. The Morgan fingerprint density at radius 3 is 2.58 bits per heavy atom. The van der Waals surface area contributed by atoms with Gasteiger partial charge >= 0.3 is 0 Å². The third-order valence-corrected chi connectivity index (χ3v) is 4.06. The normalized spacial score (nSPS) is 12.0. The van der Waals surface area contributed by atoms with Gasteiger partial charge in [-0.15, -0.1) is 0 Å². The lowest BCUT2D eigenvalue weighted by atomic mass is 10.1. The first-order valence-corrected chi connectivity index (χ1v) is 8.43. The highest BCUT2D eigenvalue weighted by Crippen LogP contribution is 2.35. The van der Waals surface area contributed by atoms with E-state index in [4.69, 9.17) is 21.1 Å². The highest BCUT2D eigenvalue weighted by Gasteiger charge is 2.14. The van der Waals surface area contributed by atoms with Crippen molar-refractivity contribution >= 4 is 11.6 Å². The van der Waals surface area contributed by atoms with Crippen LogP contribution in [0.5, 0.6) is 11.5 Å². The van der Waals surface area contributed by atoms with Crippen LogP contribution < -0.4 is 14.8 Å². The number of ether oxygens (including phenoxy) is 2. The van der Waals surface area contributed by atoms with Crippen molar-refractivity contribution in [3.8, 4) is 11.5 Å². The number of halogens is 1. The van der Waals surface area contributed by atoms with Gasteiger partial charge in [-0.1, -0.05) is 48.9 Å². The summed E-state index contributed by atoms with van der Waals surface area (Å²) in [5, 5.41) is 13.2. The summed E-state index contributed by atoms with van der Waals surface area (Å²) in [5.41, 5.74) is 1.98. The van der Waals surface area contributed by atoms with E-state index in [-0.39, 0.29) is 12.6 Å². The number of hydrogen-bond donors (Lipinski definition) is 2. The highest BCUT2D eigenvalue weighted by molar-refractivity contribution is 6.30. The van der Waals surface area contributed by atoms with Crippen LogP contribution in [0.3, 0.4) is 0 Å². The van der Waals surface area contributed by atoms with E-state index in [9.17, 15) is 5.11 Å². The van der Waals surface area contributed by atoms with Crippen LogP contribution in [0.2, 0.25) is 5.02 Å². The van der Waals surface area contributed by atoms with Crippen molar-refractivity contribution in [2.75, 3.05) is 13.7 Å². The number of methoxy groups -OCH3 is 1. The first-order valence-electron chi connectivity index (χ1n) is 8.05. The van der Waals surface area contributed by atoms with E-state index < -0.39 is 0 Å². The monoisotopic (exact) mass is 349 g/mol. The van der Waals surface area contributed by atoms with Crippen molar-refractivity contribution in [2.45, 2.75) is 32.5 Å².